The van der Waals surface area contributed by atoms with E-state index in [0.29, 0.717) is 16.4 Å². The number of ketones is 1. The molecule has 0 unspecified atom stereocenters. The molecule has 0 aliphatic heterocycles. The van der Waals surface area contributed by atoms with E-state index in [1.54, 1.807) is 17.5 Å². The molecule has 0 aliphatic carbocycles. The first kappa shape index (κ1) is 12.6. The van der Waals surface area contributed by atoms with Crippen molar-refractivity contribution in [1.82, 2.24) is 0 Å². The van der Waals surface area contributed by atoms with Gasteiger partial charge in [0.05, 0.1) is 24.7 Å². The molecular weight excluding hydrogens is 255 g/mol. The van der Waals surface area contributed by atoms with Gasteiger partial charge in [-0.15, -0.1) is 11.3 Å². The number of thiophene rings is 1. The van der Waals surface area contributed by atoms with Crippen LogP contribution in [0.2, 0.25) is 0 Å². The van der Waals surface area contributed by atoms with Crippen LogP contribution in [0.25, 0.3) is 0 Å². The predicted molar refractivity (Wildman–Crippen MR) is 67.3 cm³/mol. The van der Waals surface area contributed by atoms with Crippen LogP contribution in [0.3, 0.4) is 0 Å². The third-order valence-corrected chi connectivity index (χ3v) is 3.36. The van der Waals surface area contributed by atoms with Gasteiger partial charge in [0.15, 0.2) is 0 Å². The van der Waals surface area contributed by atoms with Crippen LogP contribution in [0.4, 0.5) is 4.39 Å². The minimum atomic E-state index is -0.591. The Morgan fingerprint density at radius 2 is 1.89 bits per heavy atom. The first-order valence-corrected chi connectivity index (χ1v) is 6.04. The van der Waals surface area contributed by atoms with E-state index < -0.39 is 5.82 Å². The molecule has 0 aliphatic rings. The number of hydrogen-bond donors (Lipinski definition) is 0. The molecule has 0 radical (unpaired) electrons. The van der Waals surface area contributed by atoms with Crippen molar-refractivity contribution in [1.29, 1.82) is 0 Å². The maximum atomic E-state index is 13.7. The van der Waals surface area contributed by atoms with E-state index in [0.717, 1.165) is 0 Å². The molecule has 1 aromatic heterocycles. The van der Waals surface area contributed by atoms with Crippen LogP contribution >= 0.6 is 11.3 Å². The van der Waals surface area contributed by atoms with Crippen molar-refractivity contribution in [2.75, 3.05) is 14.2 Å². The molecular formula is C13H11FO3S. The molecule has 0 spiro atoms. The van der Waals surface area contributed by atoms with Crippen LogP contribution in [-0.2, 0) is 0 Å². The number of hydrogen-bond acceptors (Lipinski definition) is 4. The lowest BCUT2D eigenvalue weighted by Crippen LogP contribution is -2.02. The Bertz CT molecular complexity index is 577. The number of carbonyl (C=O) groups is 1. The van der Waals surface area contributed by atoms with Gasteiger partial charge >= 0.3 is 0 Å². The maximum Gasteiger partial charge on any atom is 0.206 e. The number of methoxy groups -OCH3 is 2. The molecule has 3 nitrogen and oxygen atoms in total. The Morgan fingerprint density at radius 1 is 1.17 bits per heavy atom. The van der Waals surface area contributed by atoms with Crippen LogP contribution in [0.5, 0.6) is 11.5 Å². The lowest BCUT2D eigenvalue weighted by molar-refractivity contribution is 0.103. The van der Waals surface area contributed by atoms with Crippen LogP contribution < -0.4 is 9.47 Å². The van der Waals surface area contributed by atoms with Crippen LogP contribution in [0.1, 0.15) is 15.2 Å². The summed E-state index contributed by atoms with van der Waals surface area (Å²) in [5.41, 5.74) is 0.0281. The van der Waals surface area contributed by atoms with Gasteiger partial charge < -0.3 is 9.47 Å². The summed E-state index contributed by atoms with van der Waals surface area (Å²) in [6, 6.07) is 5.76. The second kappa shape index (κ2) is 5.18. The van der Waals surface area contributed by atoms with Crippen molar-refractivity contribution in [2.24, 2.45) is 0 Å². The highest BCUT2D eigenvalue weighted by molar-refractivity contribution is 7.12. The van der Waals surface area contributed by atoms with Gasteiger partial charge in [-0.3, -0.25) is 4.79 Å². The normalized spacial score (nSPS) is 10.2. The van der Waals surface area contributed by atoms with E-state index in [1.165, 1.54) is 37.7 Å². The smallest absolute Gasteiger partial charge is 0.206 e. The van der Waals surface area contributed by atoms with Crippen molar-refractivity contribution in [3.63, 3.8) is 0 Å². The van der Waals surface area contributed by atoms with Crippen molar-refractivity contribution in [2.45, 2.75) is 0 Å². The van der Waals surface area contributed by atoms with Crippen LogP contribution in [0.15, 0.2) is 29.6 Å². The zero-order valence-corrected chi connectivity index (χ0v) is 10.7. The summed E-state index contributed by atoms with van der Waals surface area (Å²) in [5, 5.41) is 1.70. The number of carbonyl (C=O) groups excluding carboxylic acids is 1. The highest BCUT2D eigenvalue weighted by Gasteiger charge is 2.16. The molecule has 0 saturated carbocycles. The fourth-order valence-corrected chi connectivity index (χ4v) is 2.29. The Morgan fingerprint density at radius 3 is 2.44 bits per heavy atom. The fourth-order valence-electron chi connectivity index (χ4n) is 1.48. The van der Waals surface area contributed by atoms with E-state index in [4.69, 9.17) is 9.47 Å². The highest BCUT2D eigenvalue weighted by atomic mass is 32.1. The molecule has 2 rings (SSSR count). The van der Waals surface area contributed by atoms with Crippen molar-refractivity contribution < 1.29 is 18.7 Å². The van der Waals surface area contributed by atoms with Crippen molar-refractivity contribution in [3.8, 4) is 11.5 Å². The van der Waals surface area contributed by atoms with E-state index in [1.807, 2.05) is 0 Å². The van der Waals surface area contributed by atoms with Gasteiger partial charge in [0.2, 0.25) is 5.78 Å². The van der Waals surface area contributed by atoms with Gasteiger partial charge in [-0.25, -0.2) is 4.39 Å². The molecule has 18 heavy (non-hydrogen) atoms. The molecule has 0 atom stereocenters. The predicted octanol–water partition coefficient (Wildman–Crippen LogP) is 3.14. The number of rotatable bonds is 4. The number of benzene rings is 1. The summed E-state index contributed by atoms with van der Waals surface area (Å²) in [4.78, 5) is 12.5. The third-order valence-electron chi connectivity index (χ3n) is 2.46. The van der Waals surface area contributed by atoms with Gasteiger partial charge in [0, 0.05) is 17.5 Å². The second-order valence-electron chi connectivity index (χ2n) is 3.53. The minimum absolute atomic E-state index is 0.0281. The Hall–Kier alpha value is -1.88. The molecule has 1 heterocycles. The average molecular weight is 266 g/mol. The third kappa shape index (κ3) is 2.36. The van der Waals surface area contributed by atoms with E-state index in [-0.39, 0.29) is 11.3 Å². The standard InChI is InChI=1S/C13H11FO3S/c1-16-8-3-4-10(11(14)5-8)13(15)12-6-9(17-2)7-18-12/h3-7H,1-2H3. The lowest BCUT2D eigenvalue weighted by atomic mass is 10.1. The SMILES string of the molecule is COc1csc(C(=O)c2ccc(OC)cc2F)c1. The molecule has 0 fully saturated rings. The first-order valence-electron chi connectivity index (χ1n) is 5.16. The molecule has 5 heteroatoms. The van der Waals surface area contributed by atoms with E-state index in [2.05, 4.69) is 0 Å². The number of halogens is 1. The number of ether oxygens (including phenoxy) is 2. The van der Waals surface area contributed by atoms with Crippen LogP contribution in [0, 0.1) is 5.82 Å². The van der Waals surface area contributed by atoms with Gasteiger partial charge in [-0.2, -0.15) is 0 Å². The Balaban J connectivity index is 2.33. The second-order valence-corrected chi connectivity index (χ2v) is 4.44. The molecule has 2 aromatic rings. The fraction of sp³-hybridized carbons (Fsp3) is 0.154. The van der Waals surface area contributed by atoms with E-state index in [9.17, 15) is 9.18 Å². The molecule has 94 valence electrons. The van der Waals surface area contributed by atoms with Crippen LogP contribution in [-0.4, -0.2) is 20.0 Å². The summed E-state index contributed by atoms with van der Waals surface area (Å²) in [6.07, 6.45) is 0. The molecule has 0 N–H and O–H groups in total. The van der Waals surface area contributed by atoms with Crippen molar-refractivity contribution in [3.05, 3.63) is 45.9 Å². The lowest BCUT2D eigenvalue weighted by Gasteiger charge is -2.03. The first-order chi connectivity index (χ1) is 8.65. The Kier molecular flexibility index (Phi) is 3.62. The monoisotopic (exact) mass is 266 g/mol. The average Bonchev–Trinajstić information content (AvgIpc) is 2.86. The summed E-state index contributed by atoms with van der Waals surface area (Å²) < 4.78 is 23.6. The molecule has 1 aromatic carbocycles. The van der Waals surface area contributed by atoms with E-state index >= 15 is 0 Å². The Labute approximate surface area is 108 Å². The molecule has 0 amide bonds. The largest absolute Gasteiger partial charge is 0.497 e. The summed E-state index contributed by atoms with van der Waals surface area (Å²) >= 11 is 1.22. The quantitative estimate of drug-likeness (QED) is 0.797. The maximum absolute atomic E-state index is 13.7. The van der Waals surface area contributed by atoms with Gasteiger partial charge in [0.25, 0.3) is 0 Å². The summed E-state index contributed by atoms with van der Waals surface area (Å²) in [7, 11) is 2.96. The van der Waals surface area contributed by atoms with Crippen molar-refractivity contribution >= 4 is 17.1 Å². The van der Waals surface area contributed by atoms with Gasteiger partial charge in [-0.05, 0) is 12.1 Å². The van der Waals surface area contributed by atoms with Gasteiger partial charge in [0.1, 0.15) is 17.3 Å². The topological polar surface area (TPSA) is 35.5 Å². The van der Waals surface area contributed by atoms with Gasteiger partial charge in [-0.1, -0.05) is 0 Å². The summed E-state index contributed by atoms with van der Waals surface area (Å²) in [5.74, 6) is 0.0280. The molecule has 0 saturated heterocycles. The molecule has 0 bridgehead atoms. The zero-order chi connectivity index (χ0) is 13.1. The highest BCUT2D eigenvalue weighted by Crippen LogP contribution is 2.25. The summed E-state index contributed by atoms with van der Waals surface area (Å²) in [6.45, 7) is 0. The zero-order valence-electron chi connectivity index (χ0n) is 9.90. The minimum Gasteiger partial charge on any atom is -0.497 e.